The Labute approximate surface area is 190 Å². The number of nitrogens with zero attached hydrogens (tertiary/aromatic N) is 3. The predicted molar refractivity (Wildman–Crippen MR) is 127 cm³/mol. The van der Waals surface area contributed by atoms with Crippen LogP contribution in [0.3, 0.4) is 0 Å². The Balaban J connectivity index is 0.00000280. The number of carbonyl (C=O) groups is 1. The van der Waals surface area contributed by atoms with Gasteiger partial charge in [0.15, 0.2) is 5.96 Å². The second-order valence-electron chi connectivity index (χ2n) is 7.84. The van der Waals surface area contributed by atoms with Crippen LogP contribution in [0.25, 0.3) is 0 Å². The van der Waals surface area contributed by atoms with Crippen molar-refractivity contribution in [3.63, 3.8) is 0 Å². The molecule has 0 atom stereocenters. The first-order chi connectivity index (χ1) is 13.1. The van der Waals surface area contributed by atoms with Crippen molar-refractivity contribution in [3.05, 3.63) is 0 Å². The molecule has 7 nitrogen and oxygen atoms in total. The Kier molecular flexibility index (Phi) is 9.96. The first-order valence-corrected chi connectivity index (χ1v) is 11.6. The third-order valence-corrected chi connectivity index (χ3v) is 7.08. The maximum absolute atomic E-state index is 11.8. The van der Waals surface area contributed by atoms with Crippen molar-refractivity contribution in [2.75, 3.05) is 50.8 Å². The molecule has 3 N–H and O–H groups in total. The smallest absolute Gasteiger partial charge is 0.409 e. The largest absolute Gasteiger partial charge is 0.450 e. The molecular formula is C19H36IN5O2S. The van der Waals surface area contributed by atoms with Crippen molar-refractivity contribution in [2.24, 2.45) is 10.7 Å². The van der Waals surface area contributed by atoms with E-state index in [1.807, 2.05) is 6.92 Å². The molecule has 0 aromatic carbocycles. The van der Waals surface area contributed by atoms with Gasteiger partial charge in [0, 0.05) is 49.3 Å². The van der Waals surface area contributed by atoms with Crippen molar-refractivity contribution in [2.45, 2.75) is 57.0 Å². The minimum absolute atomic E-state index is 0. The predicted octanol–water partition coefficient (Wildman–Crippen LogP) is 2.49. The summed E-state index contributed by atoms with van der Waals surface area (Å²) in [4.78, 5) is 21.0. The van der Waals surface area contributed by atoms with Crippen molar-refractivity contribution < 1.29 is 9.53 Å². The zero-order valence-corrected chi connectivity index (χ0v) is 20.2. The number of piperidine rings is 1. The van der Waals surface area contributed by atoms with Gasteiger partial charge in [0.25, 0.3) is 0 Å². The van der Waals surface area contributed by atoms with Crippen LogP contribution in [-0.2, 0) is 4.74 Å². The van der Waals surface area contributed by atoms with Crippen LogP contribution >= 0.6 is 35.7 Å². The van der Waals surface area contributed by atoms with Gasteiger partial charge in [0.2, 0.25) is 0 Å². The van der Waals surface area contributed by atoms with E-state index in [0.717, 1.165) is 19.4 Å². The highest BCUT2D eigenvalue weighted by Gasteiger charge is 2.39. The van der Waals surface area contributed by atoms with Gasteiger partial charge in [-0.25, -0.2) is 4.79 Å². The standard InChI is InChI=1S/C19H35N5O2S.HI/c1-2-26-18(25)23-9-5-16(6-10-23)22-17(20)21-15-19(7-3-4-8-19)24-11-13-27-14-12-24;/h16H,2-15H2,1H3,(H3,20,21,22);1H. The fourth-order valence-electron chi connectivity index (χ4n) is 4.55. The number of nitrogens with one attached hydrogen (secondary N) is 1. The molecule has 1 saturated carbocycles. The van der Waals surface area contributed by atoms with E-state index >= 15 is 0 Å². The fraction of sp³-hybridized carbons (Fsp3) is 0.895. The average Bonchev–Trinajstić information content (AvgIpc) is 3.18. The van der Waals surface area contributed by atoms with Gasteiger partial charge < -0.3 is 20.7 Å². The van der Waals surface area contributed by atoms with Crippen LogP contribution in [0.5, 0.6) is 0 Å². The highest BCUT2D eigenvalue weighted by molar-refractivity contribution is 14.0. The molecule has 1 amide bonds. The van der Waals surface area contributed by atoms with Gasteiger partial charge in [-0.05, 0) is 32.6 Å². The van der Waals surface area contributed by atoms with E-state index in [9.17, 15) is 4.79 Å². The topological polar surface area (TPSA) is 83.2 Å². The van der Waals surface area contributed by atoms with Gasteiger partial charge in [-0.15, -0.1) is 24.0 Å². The summed E-state index contributed by atoms with van der Waals surface area (Å²) in [5.74, 6) is 3.03. The molecule has 2 heterocycles. The van der Waals surface area contributed by atoms with Crippen molar-refractivity contribution in [1.82, 2.24) is 15.1 Å². The SMILES string of the molecule is CCOC(=O)N1CCC(NC(N)=NCC2(N3CCSCC3)CCCC2)CC1.I. The highest BCUT2D eigenvalue weighted by Crippen LogP contribution is 2.37. The summed E-state index contributed by atoms with van der Waals surface area (Å²) < 4.78 is 5.07. The van der Waals surface area contributed by atoms with Crippen LogP contribution in [0.1, 0.15) is 45.4 Å². The molecular weight excluding hydrogens is 489 g/mol. The zero-order chi connectivity index (χ0) is 19.1. The summed E-state index contributed by atoms with van der Waals surface area (Å²) in [5, 5.41) is 3.38. The molecule has 2 saturated heterocycles. The molecule has 162 valence electrons. The number of rotatable bonds is 5. The van der Waals surface area contributed by atoms with Gasteiger partial charge in [-0.3, -0.25) is 9.89 Å². The molecule has 9 heteroatoms. The Hall–Kier alpha value is -0.420. The maximum atomic E-state index is 11.8. The van der Waals surface area contributed by atoms with Crippen molar-refractivity contribution >= 4 is 47.8 Å². The molecule has 3 aliphatic rings. The first-order valence-electron chi connectivity index (χ1n) is 10.4. The summed E-state index contributed by atoms with van der Waals surface area (Å²) >= 11 is 2.06. The number of ether oxygens (including phenoxy) is 1. The summed E-state index contributed by atoms with van der Waals surface area (Å²) in [6.45, 7) is 6.84. The lowest BCUT2D eigenvalue weighted by molar-refractivity contribution is 0.0962. The molecule has 28 heavy (non-hydrogen) atoms. The Morgan fingerprint density at radius 2 is 1.86 bits per heavy atom. The van der Waals surface area contributed by atoms with E-state index < -0.39 is 0 Å². The monoisotopic (exact) mass is 525 g/mol. The zero-order valence-electron chi connectivity index (χ0n) is 17.0. The normalized spacial score (nSPS) is 23.9. The lowest BCUT2D eigenvalue weighted by atomic mass is 9.95. The second-order valence-corrected chi connectivity index (χ2v) is 9.06. The average molecular weight is 526 g/mol. The minimum atomic E-state index is -0.208. The number of amides is 1. The second kappa shape index (κ2) is 11.7. The van der Waals surface area contributed by atoms with Crippen molar-refractivity contribution in [3.8, 4) is 0 Å². The van der Waals surface area contributed by atoms with E-state index in [1.165, 1.54) is 50.3 Å². The third-order valence-electron chi connectivity index (χ3n) is 6.13. The van der Waals surface area contributed by atoms with E-state index in [2.05, 4.69) is 22.0 Å². The molecule has 0 unspecified atom stereocenters. The van der Waals surface area contributed by atoms with Crippen LogP contribution in [0, 0.1) is 0 Å². The Morgan fingerprint density at radius 1 is 1.21 bits per heavy atom. The quantitative estimate of drug-likeness (QED) is 0.326. The molecule has 0 bridgehead atoms. The van der Waals surface area contributed by atoms with Crippen LogP contribution in [0.15, 0.2) is 4.99 Å². The van der Waals surface area contributed by atoms with Crippen LogP contribution in [0.4, 0.5) is 4.79 Å². The summed E-state index contributed by atoms with van der Waals surface area (Å²) in [5.41, 5.74) is 6.45. The van der Waals surface area contributed by atoms with E-state index in [0.29, 0.717) is 25.7 Å². The van der Waals surface area contributed by atoms with E-state index in [1.54, 1.807) is 4.90 Å². The number of guanidine groups is 1. The van der Waals surface area contributed by atoms with E-state index in [-0.39, 0.29) is 41.7 Å². The lowest BCUT2D eigenvalue weighted by Gasteiger charge is -2.42. The number of halogens is 1. The van der Waals surface area contributed by atoms with Gasteiger partial charge >= 0.3 is 6.09 Å². The molecule has 0 aromatic rings. The Bertz CT molecular complexity index is 516. The van der Waals surface area contributed by atoms with Gasteiger partial charge in [-0.1, -0.05) is 12.8 Å². The number of aliphatic imine (C=N–C) groups is 1. The highest BCUT2D eigenvalue weighted by atomic mass is 127. The third kappa shape index (κ3) is 6.29. The van der Waals surface area contributed by atoms with Gasteiger partial charge in [0.1, 0.15) is 0 Å². The molecule has 0 aromatic heterocycles. The number of likely N-dealkylation sites (tertiary alicyclic amines) is 1. The summed E-state index contributed by atoms with van der Waals surface area (Å²) in [7, 11) is 0. The van der Waals surface area contributed by atoms with Crippen LogP contribution < -0.4 is 11.1 Å². The van der Waals surface area contributed by atoms with Gasteiger partial charge in [-0.2, -0.15) is 11.8 Å². The lowest BCUT2D eigenvalue weighted by Crippen LogP contribution is -2.53. The number of hydrogen-bond donors (Lipinski definition) is 2. The molecule has 2 aliphatic heterocycles. The molecule has 3 rings (SSSR count). The maximum Gasteiger partial charge on any atom is 0.409 e. The Morgan fingerprint density at radius 3 is 2.46 bits per heavy atom. The molecule has 3 fully saturated rings. The van der Waals surface area contributed by atoms with Crippen LogP contribution in [0.2, 0.25) is 0 Å². The van der Waals surface area contributed by atoms with Crippen LogP contribution in [-0.4, -0.2) is 84.3 Å². The number of hydrogen-bond acceptors (Lipinski definition) is 5. The summed E-state index contributed by atoms with van der Waals surface area (Å²) in [6, 6.07) is 0.283. The number of nitrogens with two attached hydrogens (primary N) is 1. The molecule has 0 spiro atoms. The number of thioether (sulfide) groups is 1. The summed E-state index contributed by atoms with van der Waals surface area (Å²) in [6.07, 6.45) is 6.64. The fourth-order valence-corrected chi connectivity index (χ4v) is 5.46. The van der Waals surface area contributed by atoms with Crippen molar-refractivity contribution in [1.29, 1.82) is 0 Å². The minimum Gasteiger partial charge on any atom is -0.450 e. The van der Waals surface area contributed by atoms with E-state index in [4.69, 9.17) is 15.5 Å². The molecule has 1 aliphatic carbocycles. The first kappa shape index (κ1) is 23.9. The van der Waals surface area contributed by atoms with Gasteiger partial charge in [0.05, 0.1) is 13.2 Å². The number of carbonyl (C=O) groups excluding carboxylic acids is 1. The molecule has 0 radical (unpaired) electrons.